The Hall–Kier alpha value is -2.52. The minimum atomic E-state index is -3.99. The SMILES string of the molecule is CC.Cc1ccc(Nc2c(NS(=O)(=O)c3cccs3)ccc(F)c2F)c(F)c1. The van der Waals surface area contributed by atoms with Crippen molar-refractivity contribution in [3.05, 3.63) is 70.9 Å². The second-order valence-corrected chi connectivity index (χ2v) is 8.29. The van der Waals surface area contributed by atoms with Gasteiger partial charge in [-0.25, -0.2) is 21.6 Å². The molecule has 1 aromatic heterocycles. The van der Waals surface area contributed by atoms with Gasteiger partial charge in [-0.3, -0.25) is 4.72 Å². The normalized spacial score (nSPS) is 10.8. The molecule has 0 amide bonds. The highest BCUT2D eigenvalue weighted by Gasteiger charge is 2.21. The third-order valence-corrected chi connectivity index (χ3v) is 6.25. The Labute approximate surface area is 166 Å². The Kier molecular flexibility index (Phi) is 7.09. The number of nitrogens with one attached hydrogen (secondary N) is 2. The van der Waals surface area contributed by atoms with Gasteiger partial charge < -0.3 is 5.32 Å². The van der Waals surface area contributed by atoms with Gasteiger partial charge in [0.15, 0.2) is 11.6 Å². The average molecular weight is 429 g/mol. The summed E-state index contributed by atoms with van der Waals surface area (Å²) in [4.78, 5) is 0. The van der Waals surface area contributed by atoms with Crippen molar-refractivity contribution in [1.29, 1.82) is 0 Å². The first kappa shape index (κ1) is 21.8. The third-order valence-electron chi connectivity index (χ3n) is 3.48. The number of anilines is 3. The van der Waals surface area contributed by atoms with Crippen LogP contribution in [0.3, 0.4) is 0 Å². The number of sulfonamides is 1. The number of hydrogen-bond acceptors (Lipinski definition) is 4. The number of rotatable bonds is 5. The molecule has 0 radical (unpaired) electrons. The van der Waals surface area contributed by atoms with Crippen molar-refractivity contribution in [2.75, 3.05) is 10.0 Å². The zero-order valence-corrected chi connectivity index (χ0v) is 17.0. The molecule has 1 heterocycles. The van der Waals surface area contributed by atoms with Crippen molar-refractivity contribution < 1.29 is 21.6 Å². The highest BCUT2D eigenvalue weighted by atomic mass is 32.2. The monoisotopic (exact) mass is 428 g/mol. The topological polar surface area (TPSA) is 58.2 Å². The van der Waals surface area contributed by atoms with Gasteiger partial charge in [-0.2, -0.15) is 0 Å². The van der Waals surface area contributed by atoms with E-state index in [1.54, 1.807) is 24.4 Å². The smallest absolute Gasteiger partial charge is 0.271 e. The van der Waals surface area contributed by atoms with Crippen LogP contribution in [0.2, 0.25) is 0 Å². The Balaban J connectivity index is 0.00000136. The molecule has 0 saturated carbocycles. The molecule has 0 aliphatic carbocycles. The van der Waals surface area contributed by atoms with Crippen molar-refractivity contribution in [2.24, 2.45) is 0 Å². The Morgan fingerprint density at radius 3 is 2.21 bits per heavy atom. The van der Waals surface area contributed by atoms with Gasteiger partial charge in [0.1, 0.15) is 15.7 Å². The molecule has 0 aliphatic rings. The second-order valence-electron chi connectivity index (χ2n) is 5.43. The van der Waals surface area contributed by atoms with Crippen molar-refractivity contribution >= 4 is 38.4 Å². The average Bonchev–Trinajstić information content (AvgIpc) is 3.20. The zero-order chi connectivity index (χ0) is 20.9. The van der Waals surface area contributed by atoms with Crippen molar-refractivity contribution in [2.45, 2.75) is 25.0 Å². The molecule has 0 fully saturated rings. The summed E-state index contributed by atoms with van der Waals surface area (Å²) in [6.45, 7) is 5.68. The predicted molar refractivity (Wildman–Crippen MR) is 107 cm³/mol. The van der Waals surface area contributed by atoms with Crippen LogP contribution < -0.4 is 10.0 Å². The van der Waals surface area contributed by atoms with Crippen molar-refractivity contribution in [1.82, 2.24) is 0 Å². The number of hydrogen-bond donors (Lipinski definition) is 2. The van der Waals surface area contributed by atoms with Crippen LogP contribution in [-0.2, 0) is 10.0 Å². The molecule has 3 aromatic rings. The summed E-state index contributed by atoms with van der Waals surface area (Å²) in [5.74, 6) is -3.20. The second kappa shape index (κ2) is 9.11. The number of thiophene rings is 1. The molecule has 0 spiro atoms. The fraction of sp³-hybridized carbons (Fsp3) is 0.158. The molecule has 9 heteroatoms. The third kappa shape index (κ3) is 4.85. The van der Waals surface area contributed by atoms with E-state index in [4.69, 9.17) is 0 Å². The van der Waals surface area contributed by atoms with Crippen LogP contribution in [0.5, 0.6) is 0 Å². The molecule has 28 heavy (non-hydrogen) atoms. The van der Waals surface area contributed by atoms with E-state index in [0.29, 0.717) is 5.56 Å². The first-order valence-corrected chi connectivity index (χ1v) is 10.7. The standard InChI is InChI=1S/C17H13F3N2O2S2.C2H6/c1-10-4-6-13(12(19)9-10)21-17-14(7-5-11(18)16(17)20)22-26(23,24)15-3-2-8-25-15;1-2/h2-9,21-22H,1H3;1-2H3. The minimum absolute atomic E-state index is 0.00898. The fourth-order valence-electron chi connectivity index (χ4n) is 2.23. The quantitative estimate of drug-likeness (QED) is 0.521. The van der Waals surface area contributed by atoms with Crippen LogP contribution in [0.1, 0.15) is 19.4 Å². The van der Waals surface area contributed by atoms with Gasteiger partial charge in [0, 0.05) is 0 Å². The lowest BCUT2D eigenvalue weighted by atomic mass is 10.2. The maximum Gasteiger partial charge on any atom is 0.271 e. The minimum Gasteiger partial charge on any atom is -0.349 e. The van der Waals surface area contributed by atoms with Gasteiger partial charge in [0.2, 0.25) is 0 Å². The van der Waals surface area contributed by atoms with Gasteiger partial charge in [0.05, 0.1) is 11.4 Å². The van der Waals surface area contributed by atoms with E-state index in [1.165, 1.54) is 18.2 Å². The zero-order valence-electron chi connectivity index (χ0n) is 15.4. The van der Waals surface area contributed by atoms with E-state index in [9.17, 15) is 21.6 Å². The van der Waals surface area contributed by atoms with Gasteiger partial charge in [0.25, 0.3) is 10.0 Å². The van der Waals surface area contributed by atoms with Crippen LogP contribution in [0.25, 0.3) is 0 Å². The van der Waals surface area contributed by atoms with Crippen LogP contribution in [0.4, 0.5) is 30.2 Å². The highest BCUT2D eigenvalue weighted by molar-refractivity contribution is 7.94. The largest absolute Gasteiger partial charge is 0.349 e. The summed E-state index contributed by atoms with van der Waals surface area (Å²) in [5, 5.41) is 4.00. The van der Waals surface area contributed by atoms with E-state index in [0.717, 1.165) is 23.5 Å². The van der Waals surface area contributed by atoms with Crippen LogP contribution in [0, 0.1) is 24.4 Å². The molecule has 2 N–H and O–H groups in total. The molecular weight excluding hydrogens is 409 g/mol. The lowest BCUT2D eigenvalue weighted by molar-refractivity contribution is 0.512. The molecule has 2 aromatic carbocycles. The van der Waals surface area contributed by atoms with E-state index < -0.39 is 33.2 Å². The number of benzene rings is 2. The van der Waals surface area contributed by atoms with Crippen LogP contribution in [-0.4, -0.2) is 8.42 Å². The van der Waals surface area contributed by atoms with Gasteiger partial charge in [-0.1, -0.05) is 26.0 Å². The molecule has 0 bridgehead atoms. The van der Waals surface area contributed by atoms with Crippen molar-refractivity contribution in [3.63, 3.8) is 0 Å². The summed E-state index contributed by atoms with van der Waals surface area (Å²) < 4.78 is 68.9. The van der Waals surface area contributed by atoms with Crippen LogP contribution in [0.15, 0.2) is 52.1 Å². The molecule has 0 saturated heterocycles. The highest BCUT2D eigenvalue weighted by Crippen LogP contribution is 2.33. The van der Waals surface area contributed by atoms with E-state index in [-0.39, 0.29) is 15.6 Å². The molecule has 3 rings (SSSR count). The van der Waals surface area contributed by atoms with Crippen LogP contribution >= 0.6 is 11.3 Å². The molecule has 0 aliphatic heterocycles. The number of aryl methyl sites for hydroxylation is 1. The van der Waals surface area contributed by atoms with E-state index in [2.05, 4.69) is 10.0 Å². The fourth-order valence-corrected chi connectivity index (χ4v) is 4.29. The van der Waals surface area contributed by atoms with Gasteiger partial charge in [-0.05, 0) is 48.2 Å². The van der Waals surface area contributed by atoms with E-state index >= 15 is 0 Å². The number of halogens is 3. The molecule has 150 valence electrons. The van der Waals surface area contributed by atoms with Gasteiger partial charge in [-0.15, -0.1) is 11.3 Å². The Bertz CT molecular complexity index is 1050. The summed E-state index contributed by atoms with van der Waals surface area (Å²) in [6, 6.07) is 8.93. The maximum absolute atomic E-state index is 14.3. The lowest BCUT2D eigenvalue weighted by Gasteiger charge is -2.15. The molecule has 4 nitrogen and oxygen atoms in total. The Morgan fingerprint density at radius 1 is 0.929 bits per heavy atom. The summed E-state index contributed by atoms with van der Waals surface area (Å²) >= 11 is 0.972. The summed E-state index contributed by atoms with van der Waals surface area (Å²) in [6.07, 6.45) is 0. The summed E-state index contributed by atoms with van der Waals surface area (Å²) in [7, 11) is -3.99. The Morgan fingerprint density at radius 2 is 1.61 bits per heavy atom. The first-order valence-electron chi connectivity index (χ1n) is 8.35. The first-order chi connectivity index (χ1) is 13.3. The molecular formula is C19H19F3N2O2S2. The molecule has 0 unspecified atom stereocenters. The predicted octanol–water partition coefficient (Wildman–Crippen LogP) is 6.04. The lowest BCUT2D eigenvalue weighted by Crippen LogP contribution is -2.14. The summed E-state index contributed by atoms with van der Waals surface area (Å²) in [5.41, 5.74) is -0.215. The molecule has 0 atom stereocenters. The van der Waals surface area contributed by atoms with E-state index in [1.807, 2.05) is 13.8 Å². The van der Waals surface area contributed by atoms with Crippen molar-refractivity contribution in [3.8, 4) is 0 Å². The maximum atomic E-state index is 14.3. The van der Waals surface area contributed by atoms with Gasteiger partial charge >= 0.3 is 0 Å².